The zero-order valence-electron chi connectivity index (χ0n) is 15.8. The number of halogens is 1. The van der Waals surface area contributed by atoms with Crippen LogP contribution in [-0.4, -0.2) is 16.1 Å². The Morgan fingerprint density at radius 1 is 0.833 bits per heavy atom. The smallest absolute Gasteiger partial charge is 0.215 e. The molecule has 6 heteroatoms. The van der Waals surface area contributed by atoms with Crippen LogP contribution in [0.25, 0.3) is 16.9 Å². The van der Waals surface area contributed by atoms with E-state index in [1.807, 2.05) is 78.9 Å². The number of thiazole rings is 1. The van der Waals surface area contributed by atoms with Crippen LogP contribution < -0.4 is 4.80 Å². The Hall–Kier alpha value is -3.28. The molecule has 4 nitrogen and oxygen atoms in total. The number of ketones is 1. The first-order valence-electron chi connectivity index (χ1n) is 9.46. The van der Waals surface area contributed by atoms with Crippen LogP contribution in [0.4, 0.5) is 0 Å². The Kier molecular flexibility index (Phi) is 4.91. The Labute approximate surface area is 182 Å². The molecule has 1 aliphatic rings. The van der Waals surface area contributed by atoms with Crippen molar-refractivity contribution in [3.05, 3.63) is 105 Å². The number of fused-ring (bicyclic) bond motifs is 1. The third-order valence-electron chi connectivity index (χ3n) is 4.99. The van der Waals surface area contributed by atoms with E-state index in [4.69, 9.17) is 11.6 Å². The van der Waals surface area contributed by atoms with Crippen LogP contribution in [0.1, 0.15) is 22.3 Å². The van der Waals surface area contributed by atoms with E-state index in [1.165, 1.54) is 11.3 Å². The van der Waals surface area contributed by atoms with Gasteiger partial charge >= 0.3 is 0 Å². The van der Waals surface area contributed by atoms with E-state index < -0.39 is 0 Å². The summed E-state index contributed by atoms with van der Waals surface area (Å²) >= 11 is 7.58. The summed E-state index contributed by atoms with van der Waals surface area (Å²) in [6.45, 7) is 0. The van der Waals surface area contributed by atoms with Gasteiger partial charge in [-0.25, -0.2) is 0 Å². The van der Waals surface area contributed by atoms with E-state index in [9.17, 15) is 4.79 Å². The predicted molar refractivity (Wildman–Crippen MR) is 122 cm³/mol. The molecule has 0 spiro atoms. The predicted octanol–water partition coefficient (Wildman–Crippen LogP) is 5.75. The summed E-state index contributed by atoms with van der Waals surface area (Å²) in [5.41, 5.74) is 5.32. The van der Waals surface area contributed by atoms with Crippen molar-refractivity contribution in [1.29, 1.82) is 0 Å². The largest absolute Gasteiger partial charge is 0.294 e. The second-order valence-corrected chi connectivity index (χ2v) is 8.15. The molecule has 4 aromatic rings. The van der Waals surface area contributed by atoms with Crippen molar-refractivity contribution in [2.24, 2.45) is 10.2 Å². The lowest BCUT2D eigenvalue weighted by atomic mass is 10.1. The topological polar surface area (TPSA) is 46.7 Å². The number of nitrogens with zero attached hydrogens (tertiary/aromatic N) is 3. The molecule has 1 heterocycles. The molecule has 30 heavy (non-hydrogen) atoms. The summed E-state index contributed by atoms with van der Waals surface area (Å²) in [7, 11) is 0. The van der Waals surface area contributed by atoms with Gasteiger partial charge in [0, 0.05) is 27.2 Å². The van der Waals surface area contributed by atoms with Gasteiger partial charge in [-0.3, -0.25) is 9.36 Å². The van der Waals surface area contributed by atoms with Gasteiger partial charge in [-0.1, -0.05) is 66.2 Å². The molecular weight excluding hydrogens is 414 g/mol. The first kappa shape index (κ1) is 18.7. The zero-order chi connectivity index (χ0) is 20.5. The van der Waals surface area contributed by atoms with Gasteiger partial charge < -0.3 is 0 Å². The fourth-order valence-electron chi connectivity index (χ4n) is 3.54. The SMILES string of the molecule is O=C1C/C(=N\N=c2\scc(-c3ccc(Cl)cc3)n2-c2ccccc2)c2ccccc21. The van der Waals surface area contributed by atoms with Gasteiger partial charge in [0.1, 0.15) is 0 Å². The molecule has 0 fully saturated rings. The maximum Gasteiger partial charge on any atom is 0.215 e. The Balaban J connectivity index is 1.66. The van der Waals surface area contributed by atoms with Crippen LogP contribution in [0.15, 0.2) is 94.4 Å². The lowest BCUT2D eigenvalue weighted by molar-refractivity contribution is 0.101. The lowest BCUT2D eigenvalue weighted by Crippen LogP contribution is -2.13. The van der Waals surface area contributed by atoms with E-state index in [0.717, 1.165) is 32.9 Å². The number of carbonyl (C=O) groups excluding carboxylic acids is 1. The summed E-state index contributed by atoms with van der Waals surface area (Å²) in [4.78, 5) is 13.0. The third-order valence-corrected chi connectivity index (χ3v) is 6.05. The van der Waals surface area contributed by atoms with Crippen molar-refractivity contribution in [3.63, 3.8) is 0 Å². The number of hydrogen-bond acceptors (Lipinski definition) is 4. The molecule has 0 unspecified atom stereocenters. The van der Waals surface area contributed by atoms with Crippen molar-refractivity contribution in [2.45, 2.75) is 6.42 Å². The van der Waals surface area contributed by atoms with Crippen LogP contribution in [0.2, 0.25) is 5.02 Å². The van der Waals surface area contributed by atoms with E-state index in [1.54, 1.807) is 0 Å². The Bertz CT molecular complexity index is 1330. The fourth-order valence-corrected chi connectivity index (χ4v) is 4.52. The van der Waals surface area contributed by atoms with Crippen LogP contribution in [0, 0.1) is 0 Å². The molecule has 146 valence electrons. The van der Waals surface area contributed by atoms with E-state index >= 15 is 0 Å². The Morgan fingerprint density at radius 3 is 2.30 bits per heavy atom. The molecule has 3 aromatic carbocycles. The maximum absolute atomic E-state index is 12.3. The molecule has 0 N–H and O–H groups in total. The van der Waals surface area contributed by atoms with Crippen LogP contribution in [0.5, 0.6) is 0 Å². The zero-order valence-corrected chi connectivity index (χ0v) is 17.4. The van der Waals surface area contributed by atoms with Crippen LogP contribution in [0.3, 0.4) is 0 Å². The lowest BCUT2D eigenvalue weighted by Gasteiger charge is -2.09. The van der Waals surface area contributed by atoms with E-state index in [0.29, 0.717) is 10.7 Å². The minimum atomic E-state index is 0.0866. The highest BCUT2D eigenvalue weighted by atomic mass is 35.5. The summed E-state index contributed by atoms with van der Waals surface area (Å²) in [5, 5.41) is 11.8. The van der Waals surface area contributed by atoms with Crippen LogP contribution >= 0.6 is 22.9 Å². The van der Waals surface area contributed by atoms with E-state index in [-0.39, 0.29) is 12.2 Å². The average molecular weight is 430 g/mol. The van der Waals surface area contributed by atoms with Gasteiger partial charge in [-0.2, -0.15) is 5.10 Å². The quantitative estimate of drug-likeness (QED) is 0.382. The second-order valence-electron chi connectivity index (χ2n) is 6.87. The van der Waals surface area contributed by atoms with Crippen LogP contribution in [-0.2, 0) is 0 Å². The number of Topliss-reactive ketones (excluding diaryl/α,β-unsaturated/α-hetero) is 1. The molecule has 0 radical (unpaired) electrons. The second kappa shape index (κ2) is 7.86. The standard InChI is InChI=1S/C24H16ClN3OS/c25-17-12-10-16(11-13-17)22-15-30-24(28(22)18-6-2-1-3-7-18)27-26-21-14-23(29)20-9-5-4-8-19(20)21/h1-13,15H,14H2/b26-21+,27-24+. The molecular formula is C24H16ClN3OS. The summed E-state index contributed by atoms with van der Waals surface area (Å²) in [6.07, 6.45) is 0.281. The highest BCUT2D eigenvalue weighted by molar-refractivity contribution is 7.07. The van der Waals surface area contributed by atoms with E-state index in [2.05, 4.69) is 20.1 Å². The Morgan fingerprint density at radius 2 is 1.53 bits per heavy atom. The first-order valence-corrected chi connectivity index (χ1v) is 10.7. The first-order chi connectivity index (χ1) is 14.7. The fraction of sp³-hybridized carbons (Fsp3) is 0.0417. The van der Waals surface area contributed by atoms with Crippen molar-refractivity contribution < 1.29 is 4.79 Å². The summed E-state index contributed by atoms with van der Waals surface area (Å²) in [5.74, 6) is 0.0866. The number of rotatable bonds is 3. The third kappa shape index (κ3) is 3.43. The molecule has 0 amide bonds. The highest BCUT2D eigenvalue weighted by Crippen LogP contribution is 2.25. The van der Waals surface area contributed by atoms with Gasteiger partial charge in [-0.15, -0.1) is 16.4 Å². The van der Waals surface area contributed by atoms with Gasteiger partial charge in [-0.05, 0) is 29.8 Å². The average Bonchev–Trinajstić information content (AvgIpc) is 3.35. The molecule has 0 aliphatic heterocycles. The highest BCUT2D eigenvalue weighted by Gasteiger charge is 2.25. The molecule has 5 rings (SSSR count). The number of hydrogen-bond donors (Lipinski definition) is 0. The van der Waals surface area contributed by atoms with Gasteiger partial charge in [0.25, 0.3) is 0 Å². The molecule has 1 aromatic heterocycles. The summed E-state index contributed by atoms with van der Waals surface area (Å²) < 4.78 is 2.07. The molecule has 0 saturated carbocycles. The molecule has 0 atom stereocenters. The molecule has 0 bridgehead atoms. The maximum atomic E-state index is 12.3. The monoisotopic (exact) mass is 429 g/mol. The van der Waals surface area contributed by atoms with Gasteiger partial charge in [0.15, 0.2) is 5.78 Å². The summed E-state index contributed by atoms with van der Waals surface area (Å²) in [6, 6.07) is 25.3. The normalized spacial score (nSPS) is 15.0. The van der Waals surface area contributed by atoms with Crippen molar-refractivity contribution in [2.75, 3.05) is 0 Å². The number of aromatic nitrogens is 1. The van der Waals surface area contributed by atoms with Crippen molar-refractivity contribution >= 4 is 34.4 Å². The van der Waals surface area contributed by atoms with Crippen molar-refractivity contribution in [3.8, 4) is 16.9 Å². The van der Waals surface area contributed by atoms with Gasteiger partial charge in [0.2, 0.25) is 4.80 Å². The number of benzene rings is 3. The van der Waals surface area contributed by atoms with Crippen molar-refractivity contribution in [1.82, 2.24) is 4.57 Å². The van der Waals surface area contributed by atoms with Gasteiger partial charge in [0.05, 0.1) is 17.8 Å². The number of para-hydroxylation sites is 1. The molecule has 1 aliphatic carbocycles. The minimum Gasteiger partial charge on any atom is -0.294 e. The molecule has 0 saturated heterocycles. The number of carbonyl (C=O) groups is 1. The minimum absolute atomic E-state index is 0.0866.